The number of rotatable bonds is 4. The second kappa shape index (κ2) is 6.60. The van der Waals surface area contributed by atoms with Crippen LogP contribution >= 0.6 is 0 Å². The largest absolute Gasteiger partial charge is 0.283 e. The van der Waals surface area contributed by atoms with Gasteiger partial charge in [0.25, 0.3) is 0 Å². The molecule has 168 valence electrons. The monoisotopic (exact) mass is 436 g/mol. The van der Waals surface area contributed by atoms with Crippen molar-refractivity contribution in [1.82, 2.24) is 19.6 Å². The smallest absolute Gasteiger partial charge is 0.234 e. The molecule has 0 aromatic heterocycles. The van der Waals surface area contributed by atoms with Crippen molar-refractivity contribution in [3.05, 3.63) is 24.3 Å². The number of fused-ring (bicyclic) bond motifs is 10. The molecule has 0 unspecified atom stereocenters. The van der Waals surface area contributed by atoms with Gasteiger partial charge in [0, 0.05) is 26.2 Å². The third-order valence-electron chi connectivity index (χ3n) is 9.27. The molecule has 5 fully saturated rings. The molecule has 0 radical (unpaired) electrons. The fraction of sp³-hybridized carbons (Fsp3) is 0.667. The van der Waals surface area contributed by atoms with Gasteiger partial charge >= 0.3 is 0 Å². The Labute approximate surface area is 186 Å². The molecule has 7 rings (SSSR count). The van der Waals surface area contributed by atoms with Gasteiger partial charge in [-0.2, -0.15) is 0 Å². The number of amides is 4. The van der Waals surface area contributed by atoms with Gasteiger partial charge in [-0.3, -0.25) is 38.8 Å². The Balaban J connectivity index is 0.956. The highest BCUT2D eigenvalue weighted by atomic mass is 16.2. The average Bonchev–Trinajstić information content (AvgIpc) is 3.62. The zero-order valence-electron chi connectivity index (χ0n) is 18.0. The van der Waals surface area contributed by atoms with E-state index in [0.717, 1.165) is 12.8 Å². The van der Waals surface area contributed by atoms with Crippen molar-refractivity contribution in [1.29, 1.82) is 0 Å². The summed E-state index contributed by atoms with van der Waals surface area (Å²) in [6.45, 7) is 3.58. The predicted octanol–water partition coefficient (Wildman–Crippen LogP) is 0.133. The zero-order chi connectivity index (χ0) is 21.7. The van der Waals surface area contributed by atoms with Gasteiger partial charge in [0.05, 0.1) is 37.0 Å². The summed E-state index contributed by atoms with van der Waals surface area (Å²) in [7, 11) is 0. The Morgan fingerprint density at radius 1 is 0.531 bits per heavy atom. The van der Waals surface area contributed by atoms with Gasteiger partial charge in [-0.05, 0) is 36.5 Å². The lowest BCUT2D eigenvalue weighted by Crippen LogP contribution is -2.54. The Bertz CT molecular complexity index is 844. The summed E-state index contributed by atoms with van der Waals surface area (Å²) >= 11 is 0. The first kappa shape index (κ1) is 19.2. The summed E-state index contributed by atoms with van der Waals surface area (Å²) in [6, 6.07) is 0. The Morgan fingerprint density at radius 2 is 0.812 bits per heavy atom. The molecule has 8 heteroatoms. The van der Waals surface area contributed by atoms with Gasteiger partial charge in [0.15, 0.2) is 0 Å². The molecule has 0 aromatic rings. The lowest BCUT2D eigenvalue weighted by molar-refractivity contribution is -0.146. The van der Waals surface area contributed by atoms with Crippen LogP contribution in [0.5, 0.6) is 0 Å². The fourth-order valence-corrected chi connectivity index (χ4v) is 7.68. The number of nitrogens with zero attached hydrogens (tertiary/aromatic N) is 4. The van der Waals surface area contributed by atoms with E-state index in [1.807, 2.05) is 0 Å². The molecule has 3 saturated heterocycles. The number of likely N-dealkylation sites (tertiary alicyclic amines) is 2. The maximum atomic E-state index is 12.9. The Hall–Kier alpha value is -2.32. The van der Waals surface area contributed by atoms with Crippen molar-refractivity contribution in [2.75, 3.05) is 39.5 Å². The highest BCUT2D eigenvalue weighted by Crippen LogP contribution is 2.53. The molecule has 4 amide bonds. The van der Waals surface area contributed by atoms with Crippen molar-refractivity contribution < 1.29 is 19.2 Å². The Kier molecular flexibility index (Phi) is 3.96. The van der Waals surface area contributed by atoms with Gasteiger partial charge in [-0.25, -0.2) is 0 Å². The van der Waals surface area contributed by atoms with Crippen molar-refractivity contribution in [3.8, 4) is 0 Å². The van der Waals surface area contributed by atoms with Crippen LogP contribution in [-0.2, 0) is 19.2 Å². The topological polar surface area (TPSA) is 81.2 Å². The highest BCUT2D eigenvalue weighted by molar-refractivity contribution is 6.07. The third kappa shape index (κ3) is 2.45. The van der Waals surface area contributed by atoms with E-state index in [0.29, 0.717) is 39.5 Å². The summed E-state index contributed by atoms with van der Waals surface area (Å²) in [5.74, 6) is 0.394. The summed E-state index contributed by atoms with van der Waals surface area (Å²) in [6.07, 6.45) is 10.4. The van der Waals surface area contributed by atoms with E-state index in [-0.39, 0.29) is 71.0 Å². The summed E-state index contributed by atoms with van der Waals surface area (Å²) in [4.78, 5) is 59.0. The summed E-state index contributed by atoms with van der Waals surface area (Å²) in [5, 5.41) is 0. The molecule has 0 N–H and O–H groups in total. The van der Waals surface area contributed by atoms with Crippen molar-refractivity contribution in [2.24, 2.45) is 47.3 Å². The van der Waals surface area contributed by atoms with Gasteiger partial charge < -0.3 is 0 Å². The van der Waals surface area contributed by atoms with Crippen LogP contribution in [0.25, 0.3) is 0 Å². The minimum absolute atomic E-state index is 0.00215. The number of allylic oxidation sites excluding steroid dienone is 4. The molecular weight excluding hydrogens is 408 g/mol. The molecule has 32 heavy (non-hydrogen) atoms. The van der Waals surface area contributed by atoms with E-state index in [2.05, 4.69) is 34.1 Å². The van der Waals surface area contributed by atoms with Crippen LogP contribution in [0, 0.1) is 47.3 Å². The molecule has 7 aliphatic rings. The molecule has 4 bridgehead atoms. The number of carbonyl (C=O) groups is 4. The molecular formula is C24H28N4O4. The SMILES string of the molecule is O=C1[C@H]2[C@H](C(=O)N1CN1CCN(CN3C(=O)[C@H]4[C@H](C3=O)[C@H]3C=C[C@H]4C3)CC1)[C@H]1C=C[C@H]2C1. The maximum Gasteiger partial charge on any atom is 0.234 e. The molecule has 3 aliphatic heterocycles. The number of hydrogen-bond donors (Lipinski definition) is 0. The van der Waals surface area contributed by atoms with Crippen molar-refractivity contribution >= 4 is 23.6 Å². The summed E-state index contributed by atoms with van der Waals surface area (Å²) in [5.41, 5.74) is 0. The molecule has 8 atom stereocenters. The maximum absolute atomic E-state index is 12.9. The molecule has 0 aromatic carbocycles. The standard InChI is InChI=1S/C24H28N4O4/c29-21-17-13-1-2-14(9-13)18(17)22(30)27(21)11-25-5-7-26(8-6-25)12-28-23(31)19-15-3-4-16(10-15)20(19)24(28)32/h1-4,13-20H,5-12H2/t13-,14-,15-,16-,17+,18+,19+,20+/m0/s1. The van der Waals surface area contributed by atoms with Crippen LogP contribution < -0.4 is 0 Å². The predicted molar refractivity (Wildman–Crippen MR) is 112 cm³/mol. The van der Waals surface area contributed by atoms with Crippen molar-refractivity contribution in [3.63, 3.8) is 0 Å². The molecule has 4 aliphatic carbocycles. The third-order valence-corrected chi connectivity index (χ3v) is 9.27. The van der Waals surface area contributed by atoms with Gasteiger partial charge in [0.2, 0.25) is 23.6 Å². The summed E-state index contributed by atoms with van der Waals surface area (Å²) < 4.78 is 0. The fourth-order valence-electron chi connectivity index (χ4n) is 7.68. The zero-order valence-corrected chi connectivity index (χ0v) is 18.0. The highest BCUT2D eigenvalue weighted by Gasteiger charge is 2.60. The number of hydrogen-bond acceptors (Lipinski definition) is 6. The Morgan fingerprint density at radius 3 is 1.09 bits per heavy atom. The minimum Gasteiger partial charge on any atom is -0.283 e. The molecule has 3 heterocycles. The van der Waals surface area contributed by atoms with E-state index >= 15 is 0 Å². The van der Waals surface area contributed by atoms with E-state index in [4.69, 9.17) is 0 Å². The lowest BCUT2D eigenvalue weighted by atomic mass is 9.85. The lowest BCUT2D eigenvalue weighted by Gasteiger charge is -2.37. The number of imide groups is 2. The quantitative estimate of drug-likeness (QED) is 0.461. The molecule has 0 spiro atoms. The second-order valence-corrected chi connectivity index (χ2v) is 10.7. The van der Waals surface area contributed by atoms with E-state index in [1.54, 1.807) is 0 Å². The van der Waals surface area contributed by atoms with E-state index in [1.165, 1.54) is 9.80 Å². The number of carbonyl (C=O) groups excluding carboxylic acids is 4. The van der Waals surface area contributed by atoms with Crippen LogP contribution in [0.1, 0.15) is 12.8 Å². The number of piperazine rings is 1. The average molecular weight is 437 g/mol. The van der Waals surface area contributed by atoms with Gasteiger partial charge in [0.1, 0.15) is 0 Å². The first-order valence-electron chi connectivity index (χ1n) is 12.0. The van der Waals surface area contributed by atoms with E-state index < -0.39 is 0 Å². The second-order valence-electron chi connectivity index (χ2n) is 10.7. The van der Waals surface area contributed by atoms with Crippen molar-refractivity contribution in [2.45, 2.75) is 12.8 Å². The van der Waals surface area contributed by atoms with Crippen LogP contribution in [-0.4, -0.2) is 82.7 Å². The van der Waals surface area contributed by atoms with Crippen LogP contribution in [0.3, 0.4) is 0 Å². The minimum atomic E-state index is -0.143. The van der Waals surface area contributed by atoms with Crippen LogP contribution in [0.15, 0.2) is 24.3 Å². The first-order valence-corrected chi connectivity index (χ1v) is 12.0. The van der Waals surface area contributed by atoms with Gasteiger partial charge in [-0.15, -0.1) is 0 Å². The molecule has 8 nitrogen and oxygen atoms in total. The first-order chi connectivity index (χ1) is 15.5. The molecule has 2 saturated carbocycles. The van der Waals surface area contributed by atoms with Crippen LogP contribution in [0.4, 0.5) is 0 Å². The van der Waals surface area contributed by atoms with Crippen LogP contribution in [0.2, 0.25) is 0 Å². The van der Waals surface area contributed by atoms with Gasteiger partial charge in [-0.1, -0.05) is 24.3 Å². The normalized spacial score (nSPS) is 44.6. The van der Waals surface area contributed by atoms with E-state index in [9.17, 15) is 19.2 Å².